The smallest absolute Gasteiger partial charge is 0.192 e. The van der Waals surface area contributed by atoms with Gasteiger partial charge in [-0.25, -0.2) is 0 Å². The van der Waals surface area contributed by atoms with E-state index < -0.39 is 8.32 Å². The fourth-order valence-electron chi connectivity index (χ4n) is 3.84. The Morgan fingerprint density at radius 2 is 1.95 bits per heavy atom. The van der Waals surface area contributed by atoms with Crippen LogP contribution in [0, 0.1) is 11.8 Å². The van der Waals surface area contributed by atoms with E-state index in [2.05, 4.69) is 52.9 Å². The highest BCUT2D eigenvalue weighted by Crippen LogP contribution is 2.56. The standard InChI is InChI=1S/C16H28O2Si/c1-15(2,3)19(5,6)18-13-8-7-11-12-9-10-16(4,17-12)14(11)13/h7-8,11-14H,9-10H2,1-6H3/t11-,12-,13+,14+,16+/m1/s1. The van der Waals surface area contributed by atoms with Gasteiger partial charge in [0.1, 0.15) is 0 Å². The van der Waals surface area contributed by atoms with Crippen LogP contribution in [0.3, 0.4) is 0 Å². The van der Waals surface area contributed by atoms with E-state index in [9.17, 15) is 0 Å². The molecule has 0 unspecified atom stereocenters. The summed E-state index contributed by atoms with van der Waals surface area (Å²) in [7, 11) is -1.70. The Balaban J connectivity index is 1.79. The summed E-state index contributed by atoms with van der Waals surface area (Å²) in [4.78, 5) is 0. The maximum Gasteiger partial charge on any atom is 0.192 e. The van der Waals surface area contributed by atoms with Gasteiger partial charge in [0.05, 0.1) is 17.8 Å². The fraction of sp³-hybridized carbons (Fsp3) is 0.875. The lowest BCUT2D eigenvalue weighted by Gasteiger charge is -2.42. The summed E-state index contributed by atoms with van der Waals surface area (Å²) in [6.07, 6.45) is 7.87. The lowest BCUT2D eigenvalue weighted by atomic mass is 9.73. The fourth-order valence-corrected chi connectivity index (χ4v) is 5.10. The molecule has 2 fully saturated rings. The maximum atomic E-state index is 6.67. The van der Waals surface area contributed by atoms with Gasteiger partial charge in [0.2, 0.25) is 0 Å². The van der Waals surface area contributed by atoms with Gasteiger partial charge in [-0.15, -0.1) is 0 Å². The van der Waals surface area contributed by atoms with Crippen molar-refractivity contribution in [3.8, 4) is 0 Å². The van der Waals surface area contributed by atoms with Crippen LogP contribution in [0.1, 0.15) is 40.5 Å². The van der Waals surface area contributed by atoms with Crippen LogP contribution in [0.15, 0.2) is 12.2 Å². The van der Waals surface area contributed by atoms with Gasteiger partial charge < -0.3 is 9.16 Å². The van der Waals surface area contributed by atoms with Crippen LogP contribution in [-0.4, -0.2) is 26.1 Å². The monoisotopic (exact) mass is 280 g/mol. The molecule has 19 heavy (non-hydrogen) atoms. The van der Waals surface area contributed by atoms with E-state index in [0.717, 1.165) is 0 Å². The molecule has 0 aromatic carbocycles. The van der Waals surface area contributed by atoms with Crippen molar-refractivity contribution in [1.82, 2.24) is 0 Å². The first kappa shape index (κ1) is 13.8. The second-order valence-electron chi connectivity index (χ2n) is 8.34. The van der Waals surface area contributed by atoms with Gasteiger partial charge in [-0.05, 0) is 37.9 Å². The second kappa shape index (κ2) is 3.96. The lowest BCUT2D eigenvalue weighted by molar-refractivity contribution is -0.0160. The van der Waals surface area contributed by atoms with E-state index >= 15 is 0 Å². The summed E-state index contributed by atoms with van der Waals surface area (Å²) >= 11 is 0. The number of fused-ring (bicyclic) bond motifs is 5. The van der Waals surface area contributed by atoms with Gasteiger partial charge in [0.25, 0.3) is 0 Å². The van der Waals surface area contributed by atoms with Crippen LogP contribution in [0.25, 0.3) is 0 Å². The first-order valence-electron chi connectivity index (χ1n) is 7.68. The van der Waals surface area contributed by atoms with Crippen molar-refractivity contribution in [2.45, 2.75) is 76.5 Å². The third kappa shape index (κ3) is 1.97. The van der Waals surface area contributed by atoms with Crippen LogP contribution in [0.2, 0.25) is 18.1 Å². The summed E-state index contributed by atoms with van der Waals surface area (Å²) in [5.41, 5.74) is 0.0614. The summed E-state index contributed by atoms with van der Waals surface area (Å²) in [6.45, 7) is 13.9. The minimum atomic E-state index is -1.70. The van der Waals surface area contributed by atoms with E-state index in [-0.39, 0.29) is 16.7 Å². The molecule has 2 bridgehead atoms. The molecule has 108 valence electrons. The molecule has 5 atom stereocenters. The Hall–Kier alpha value is -0.123. The third-order valence-electron chi connectivity index (χ3n) is 6.01. The molecule has 0 radical (unpaired) electrons. The molecule has 0 spiro atoms. The Kier molecular flexibility index (Phi) is 2.88. The first-order valence-corrected chi connectivity index (χ1v) is 10.6. The predicted molar refractivity (Wildman–Crippen MR) is 80.7 cm³/mol. The Morgan fingerprint density at radius 1 is 1.26 bits per heavy atom. The Labute approximate surface area is 118 Å². The molecule has 0 amide bonds. The van der Waals surface area contributed by atoms with Crippen molar-refractivity contribution >= 4 is 8.32 Å². The molecular weight excluding hydrogens is 252 g/mol. The topological polar surface area (TPSA) is 18.5 Å². The molecule has 2 heterocycles. The van der Waals surface area contributed by atoms with Crippen LogP contribution in [0.4, 0.5) is 0 Å². The summed E-state index contributed by atoms with van der Waals surface area (Å²) in [5, 5.41) is 0.276. The Morgan fingerprint density at radius 3 is 2.58 bits per heavy atom. The molecule has 2 nitrogen and oxygen atoms in total. The highest BCUT2D eigenvalue weighted by Gasteiger charge is 2.60. The van der Waals surface area contributed by atoms with Crippen LogP contribution >= 0.6 is 0 Å². The molecule has 0 N–H and O–H groups in total. The lowest BCUT2D eigenvalue weighted by Crippen LogP contribution is -2.48. The van der Waals surface area contributed by atoms with Gasteiger partial charge in [-0.3, -0.25) is 0 Å². The maximum absolute atomic E-state index is 6.67. The van der Waals surface area contributed by atoms with Crippen molar-refractivity contribution in [3.05, 3.63) is 12.2 Å². The van der Waals surface area contributed by atoms with Crippen LogP contribution in [0.5, 0.6) is 0 Å². The molecule has 0 saturated carbocycles. The van der Waals surface area contributed by atoms with Crippen LogP contribution in [-0.2, 0) is 9.16 Å². The summed E-state index contributed by atoms with van der Waals surface area (Å²) in [5.74, 6) is 1.16. The predicted octanol–water partition coefficient (Wildman–Crippen LogP) is 4.13. The molecule has 3 heteroatoms. The number of ether oxygens (including phenoxy) is 1. The quantitative estimate of drug-likeness (QED) is 0.559. The number of rotatable bonds is 2. The minimum Gasteiger partial charge on any atom is -0.410 e. The molecule has 3 aliphatic rings. The average molecular weight is 280 g/mol. The molecule has 3 rings (SSSR count). The third-order valence-corrected chi connectivity index (χ3v) is 10.5. The Bertz CT molecular complexity index is 409. The van der Waals surface area contributed by atoms with E-state index in [1.807, 2.05) is 0 Å². The highest BCUT2D eigenvalue weighted by atomic mass is 28.4. The van der Waals surface area contributed by atoms with E-state index in [1.54, 1.807) is 0 Å². The van der Waals surface area contributed by atoms with E-state index in [0.29, 0.717) is 17.9 Å². The SMILES string of the molecule is CC(C)(C)[Si](C)(C)O[C@H]1C=C[C@H]2[C@@H]1[C@]1(C)CC[C@H]2O1. The molecule has 0 aromatic rings. The minimum absolute atomic E-state index is 0.0614. The van der Waals surface area contributed by atoms with Crippen molar-refractivity contribution in [1.29, 1.82) is 0 Å². The number of hydrogen-bond acceptors (Lipinski definition) is 2. The molecule has 1 aliphatic carbocycles. The van der Waals surface area contributed by atoms with Crippen LogP contribution < -0.4 is 0 Å². The van der Waals surface area contributed by atoms with Crippen molar-refractivity contribution in [3.63, 3.8) is 0 Å². The van der Waals surface area contributed by atoms with E-state index in [4.69, 9.17) is 9.16 Å². The van der Waals surface area contributed by atoms with E-state index in [1.165, 1.54) is 12.8 Å². The van der Waals surface area contributed by atoms with Gasteiger partial charge in [-0.1, -0.05) is 32.9 Å². The van der Waals surface area contributed by atoms with Crippen molar-refractivity contribution in [2.24, 2.45) is 11.8 Å². The van der Waals surface area contributed by atoms with Gasteiger partial charge in [-0.2, -0.15) is 0 Å². The molecule has 0 aromatic heterocycles. The molecule has 2 saturated heterocycles. The van der Waals surface area contributed by atoms with Crippen molar-refractivity contribution < 1.29 is 9.16 Å². The normalized spacial score (nSPS) is 44.9. The molecular formula is C16H28O2Si. The highest BCUT2D eigenvalue weighted by molar-refractivity contribution is 6.74. The largest absolute Gasteiger partial charge is 0.410 e. The zero-order chi connectivity index (χ0) is 14.1. The van der Waals surface area contributed by atoms with Gasteiger partial charge in [0, 0.05) is 11.8 Å². The second-order valence-corrected chi connectivity index (χ2v) is 13.1. The average Bonchev–Trinajstić information content (AvgIpc) is 2.87. The molecule has 2 aliphatic heterocycles. The van der Waals surface area contributed by atoms with Gasteiger partial charge in [0.15, 0.2) is 8.32 Å². The van der Waals surface area contributed by atoms with Crippen molar-refractivity contribution in [2.75, 3.05) is 0 Å². The zero-order valence-corrected chi connectivity index (χ0v) is 14.2. The summed E-state index contributed by atoms with van der Waals surface area (Å²) in [6, 6.07) is 0. The number of hydrogen-bond donors (Lipinski definition) is 0. The van der Waals surface area contributed by atoms with Gasteiger partial charge >= 0.3 is 0 Å². The summed E-state index contributed by atoms with van der Waals surface area (Å²) < 4.78 is 12.9. The zero-order valence-electron chi connectivity index (χ0n) is 13.2. The first-order chi connectivity index (χ1) is 8.64.